The molecule has 7 heteroatoms. The first kappa shape index (κ1) is 11.5. The first-order valence-electron chi connectivity index (χ1n) is 4.03. The number of amidine groups is 1. The molecule has 0 saturated heterocycles. The minimum Gasteiger partial charge on any atom is -0.466 e. The van der Waals surface area contributed by atoms with E-state index in [1.807, 2.05) is 5.32 Å². The van der Waals surface area contributed by atoms with Gasteiger partial charge in [0.05, 0.1) is 19.2 Å². The second kappa shape index (κ2) is 3.92. The SMILES string of the molecule is COC(=O)C1=C(C)NC(C(F)(F)F)=NC1. The van der Waals surface area contributed by atoms with Gasteiger partial charge in [-0.3, -0.25) is 4.99 Å². The summed E-state index contributed by atoms with van der Waals surface area (Å²) in [6.07, 6.45) is -4.52. The Morgan fingerprint density at radius 1 is 1.53 bits per heavy atom. The molecule has 1 heterocycles. The van der Waals surface area contributed by atoms with Crippen molar-refractivity contribution in [2.75, 3.05) is 13.7 Å². The first-order chi connectivity index (χ1) is 6.86. The van der Waals surface area contributed by atoms with Crippen LogP contribution in [0.1, 0.15) is 6.92 Å². The predicted octanol–water partition coefficient (Wildman–Crippen LogP) is 0.997. The van der Waals surface area contributed by atoms with Crippen LogP contribution in [0.4, 0.5) is 13.2 Å². The number of alkyl halides is 3. The standard InChI is InChI=1S/C8H9F3N2O2/c1-4-5(6(14)15-2)3-12-7(13-4)8(9,10)11/h3H2,1-2H3,(H,12,13). The van der Waals surface area contributed by atoms with Gasteiger partial charge in [0, 0.05) is 5.70 Å². The lowest BCUT2D eigenvalue weighted by Crippen LogP contribution is -2.40. The fourth-order valence-electron chi connectivity index (χ4n) is 1.07. The van der Waals surface area contributed by atoms with Gasteiger partial charge in [-0.2, -0.15) is 13.2 Å². The predicted molar refractivity (Wildman–Crippen MR) is 46.2 cm³/mol. The molecule has 0 aromatic heterocycles. The van der Waals surface area contributed by atoms with Crippen molar-refractivity contribution in [1.82, 2.24) is 5.32 Å². The molecular formula is C8H9F3N2O2. The number of carbonyl (C=O) groups is 1. The lowest BCUT2D eigenvalue weighted by molar-refractivity contribution is -0.136. The Balaban J connectivity index is 2.84. The summed E-state index contributed by atoms with van der Waals surface area (Å²) in [5.41, 5.74) is 0.217. The fourth-order valence-corrected chi connectivity index (χ4v) is 1.07. The molecule has 0 bridgehead atoms. The maximum absolute atomic E-state index is 12.2. The van der Waals surface area contributed by atoms with Crippen molar-refractivity contribution >= 4 is 11.8 Å². The van der Waals surface area contributed by atoms with Crippen LogP contribution in [0.2, 0.25) is 0 Å². The zero-order chi connectivity index (χ0) is 11.6. The highest BCUT2D eigenvalue weighted by molar-refractivity contribution is 5.96. The molecule has 0 aromatic carbocycles. The molecule has 0 aromatic rings. The highest BCUT2D eigenvalue weighted by Crippen LogP contribution is 2.20. The van der Waals surface area contributed by atoms with Gasteiger partial charge in [0.15, 0.2) is 0 Å². The number of ether oxygens (including phenoxy) is 1. The minimum atomic E-state index is -4.52. The third kappa shape index (κ3) is 2.48. The third-order valence-corrected chi connectivity index (χ3v) is 1.85. The van der Waals surface area contributed by atoms with Gasteiger partial charge in [-0.25, -0.2) is 4.79 Å². The number of methoxy groups -OCH3 is 1. The van der Waals surface area contributed by atoms with Crippen molar-refractivity contribution in [2.24, 2.45) is 4.99 Å². The van der Waals surface area contributed by atoms with Crippen molar-refractivity contribution in [2.45, 2.75) is 13.1 Å². The molecule has 0 unspecified atom stereocenters. The van der Waals surface area contributed by atoms with Gasteiger partial charge in [-0.1, -0.05) is 0 Å². The molecule has 4 nitrogen and oxygen atoms in total. The summed E-state index contributed by atoms with van der Waals surface area (Å²) in [5.74, 6) is -1.77. The van der Waals surface area contributed by atoms with Crippen LogP contribution in [-0.2, 0) is 9.53 Å². The second-order valence-corrected chi connectivity index (χ2v) is 2.88. The monoisotopic (exact) mass is 222 g/mol. The van der Waals surface area contributed by atoms with E-state index >= 15 is 0 Å². The largest absolute Gasteiger partial charge is 0.466 e. The Bertz CT molecular complexity index is 344. The molecule has 0 saturated carbocycles. The second-order valence-electron chi connectivity index (χ2n) is 2.88. The zero-order valence-electron chi connectivity index (χ0n) is 8.10. The molecule has 15 heavy (non-hydrogen) atoms. The fraction of sp³-hybridized carbons (Fsp3) is 0.500. The molecule has 1 N–H and O–H groups in total. The Morgan fingerprint density at radius 3 is 2.53 bits per heavy atom. The molecule has 0 aliphatic carbocycles. The summed E-state index contributed by atoms with van der Waals surface area (Å²) >= 11 is 0. The number of hydrogen-bond donors (Lipinski definition) is 1. The number of allylic oxidation sites excluding steroid dienone is 1. The molecule has 84 valence electrons. The van der Waals surface area contributed by atoms with Crippen LogP contribution in [0.25, 0.3) is 0 Å². The smallest absolute Gasteiger partial charge is 0.449 e. The van der Waals surface area contributed by atoms with Crippen molar-refractivity contribution in [3.63, 3.8) is 0 Å². The molecular weight excluding hydrogens is 213 g/mol. The van der Waals surface area contributed by atoms with Gasteiger partial charge in [-0.15, -0.1) is 0 Å². The highest BCUT2D eigenvalue weighted by atomic mass is 19.4. The van der Waals surface area contributed by atoms with Crippen LogP contribution in [0.3, 0.4) is 0 Å². The Kier molecular flexibility index (Phi) is 3.01. The minimum absolute atomic E-state index is 0.102. The molecule has 0 fully saturated rings. The Morgan fingerprint density at radius 2 is 2.13 bits per heavy atom. The van der Waals surface area contributed by atoms with E-state index in [1.54, 1.807) is 0 Å². The van der Waals surface area contributed by atoms with Gasteiger partial charge in [0.2, 0.25) is 5.84 Å². The molecule has 0 radical (unpaired) electrons. The summed E-state index contributed by atoms with van der Waals surface area (Å²) in [4.78, 5) is 14.3. The summed E-state index contributed by atoms with van der Waals surface area (Å²) in [7, 11) is 1.16. The van der Waals surface area contributed by atoms with Gasteiger partial charge in [0.25, 0.3) is 0 Å². The van der Waals surface area contributed by atoms with Crippen LogP contribution < -0.4 is 5.32 Å². The topological polar surface area (TPSA) is 50.7 Å². The van der Waals surface area contributed by atoms with E-state index in [-0.39, 0.29) is 17.8 Å². The normalized spacial score (nSPS) is 17.0. The third-order valence-electron chi connectivity index (χ3n) is 1.85. The molecule has 1 aliphatic rings. The van der Waals surface area contributed by atoms with Crippen molar-refractivity contribution in [3.8, 4) is 0 Å². The average Bonchev–Trinajstić information content (AvgIpc) is 2.15. The van der Waals surface area contributed by atoms with Gasteiger partial charge in [-0.05, 0) is 6.92 Å². The van der Waals surface area contributed by atoms with Crippen LogP contribution in [-0.4, -0.2) is 31.6 Å². The molecule has 1 aliphatic heterocycles. The van der Waals surface area contributed by atoms with Crippen LogP contribution in [0.5, 0.6) is 0 Å². The van der Waals surface area contributed by atoms with E-state index in [9.17, 15) is 18.0 Å². The van der Waals surface area contributed by atoms with Gasteiger partial charge >= 0.3 is 12.1 Å². The van der Waals surface area contributed by atoms with E-state index in [2.05, 4.69) is 9.73 Å². The average molecular weight is 222 g/mol. The van der Waals surface area contributed by atoms with Crippen molar-refractivity contribution in [3.05, 3.63) is 11.3 Å². The van der Waals surface area contributed by atoms with E-state index in [4.69, 9.17) is 0 Å². The van der Waals surface area contributed by atoms with Crippen LogP contribution >= 0.6 is 0 Å². The lowest BCUT2D eigenvalue weighted by atomic mass is 10.2. The van der Waals surface area contributed by atoms with Crippen LogP contribution in [0, 0.1) is 0 Å². The maximum atomic E-state index is 12.2. The van der Waals surface area contributed by atoms with E-state index in [0.717, 1.165) is 7.11 Å². The summed E-state index contributed by atoms with van der Waals surface area (Å²) in [5, 5.41) is 2.03. The van der Waals surface area contributed by atoms with Gasteiger partial charge in [0.1, 0.15) is 0 Å². The quantitative estimate of drug-likeness (QED) is 0.673. The number of carbonyl (C=O) groups excluding carboxylic acids is 1. The highest BCUT2D eigenvalue weighted by Gasteiger charge is 2.38. The maximum Gasteiger partial charge on any atom is 0.449 e. The number of nitrogens with one attached hydrogen (secondary N) is 1. The number of halogens is 3. The molecule has 0 amide bonds. The Hall–Kier alpha value is -1.53. The number of aliphatic imine (C=N–C) groups is 1. The number of rotatable bonds is 1. The molecule has 1 rings (SSSR count). The van der Waals surface area contributed by atoms with Gasteiger partial charge < -0.3 is 10.1 Å². The van der Waals surface area contributed by atoms with Crippen molar-refractivity contribution < 1.29 is 22.7 Å². The molecule has 0 atom stereocenters. The Labute approximate surface area is 83.8 Å². The summed E-state index contributed by atoms with van der Waals surface area (Å²) in [6, 6.07) is 0. The number of hydrogen-bond acceptors (Lipinski definition) is 4. The summed E-state index contributed by atoms with van der Waals surface area (Å²) in [6.45, 7) is 1.05. The van der Waals surface area contributed by atoms with E-state index in [1.165, 1.54) is 6.92 Å². The lowest BCUT2D eigenvalue weighted by Gasteiger charge is -2.19. The van der Waals surface area contributed by atoms with E-state index < -0.39 is 18.0 Å². The van der Waals surface area contributed by atoms with Crippen LogP contribution in [0.15, 0.2) is 16.3 Å². The van der Waals surface area contributed by atoms with E-state index in [0.29, 0.717) is 0 Å². The zero-order valence-corrected chi connectivity index (χ0v) is 8.10. The first-order valence-corrected chi connectivity index (χ1v) is 4.03. The summed E-state index contributed by atoms with van der Waals surface area (Å²) < 4.78 is 41.0. The van der Waals surface area contributed by atoms with Crippen molar-refractivity contribution in [1.29, 1.82) is 0 Å². The number of nitrogens with zero attached hydrogens (tertiary/aromatic N) is 1. The molecule has 0 spiro atoms. The number of esters is 1.